The molecule has 1 aliphatic heterocycles. The summed E-state index contributed by atoms with van der Waals surface area (Å²) < 4.78 is 10.5. The molecule has 1 heterocycles. The number of carboxylic acids is 1. The van der Waals surface area contributed by atoms with Crippen molar-refractivity contribution in [1.82, 2.24) is 5.32 Å². The van der Waals surface area contributed by atoms with Crippen LogP contribution in [0.3, 0.4) is 0 Å². The Hall–Kier alpha value is -0.650. The molecular weight excluding hydrogens is 198 g/mol. The number of nitrogens with one attached hydrogen (secondary N) is 1. The third-order valence-electron chi connectivity index (χ3n) is 2.51. The monoisotopic (exact) mass is 217 g/mol. The maximum absolute atomic E-state index is 10.8. The number of piperidine rings is 1. The number of carboxylic acid groups (broad SMARTS) is 1. The van der Waals surface area contributed by atoms with Gasteiger partial charge in [0.15, 0.2) is 0 Å². The fraction of sp³-hybridized carbons (Fsp3) is 0.900. The van der Waals surface area contributed by atoms with Gasteiger partial charge in [0.1, 0.15) is 0 Å². The molecule has 0 radical (unpaired) electrons. The van der Waals surface area contributed by atoms with Gasteiger partial charge in [0, 0.05) is 33.4 Å². The maximum Gasteiger partial charge on any atom is 0.307 e. The molecule has 5 nitrogen and oxygen atoms in total. The second kappa shape index (κ2) is 6.76. The van der Waals surface area contributed by atoms with Crippen molar-refractivity contribution in [2.45, 2.75) is 18.9 Å². The Labute approximate surface area is 89.8 Å². The minimum Gasteiger partial charge on any atom is -0.481 e. The Bertz CT molecular complexity index is 198. The Balaban J connectivity index is 2.15. The highest BCUT2D eigenvalue weighted by Gasteiger charge is 2.26. The van der Waals surface area contributed by atoms with Gasteiger partial charge in [0.2, 0.25) is 0 Å². The van der Waals surface area contributed by atoms with Crippen LogP contribution in [-0.2, 0) is 14.3 Å². The molecule has 0 aliphatic carbocycles. The average Bonchev–Trinajstić information content (AvgIpc) is 2.25. The summed E-state index contributed by atoms with van der Waals surface area (Å²) >= 11 is 0. The highest BCUT2D eigenvalue weighted by Crippen LogP contribution is 2.13. The lowest BCUT2D eigenvalue weighted by atomic mass is 9.98. The van der Waals surface area contributed by atoms with Crippen LogP contribution in [0.1, 0.15) is 12.8 Å². The standard InChI is InChI=1S/C10H19NO4/c1-14-3-2-4-15-9-5-8(10(12)13)6-11-7-9/h8-9,11H,2-7H2,1H3,(H,12,13). The third-order valence-corrected chi connectivity index (χ3v) is 2.51. The predicted octanol–water partition coefficient (Wildman–Crippen LogP) is 0.102. The van der Waals surface area contributed by atoms with Crippen molar-refractivity contribution in [1.29, 1.82) is 0 Å². The molecule has 0 aromatic heterocycles. The Morgan fingerprint density at radius 3 is 2.93 bits per heavy atom. The van der Waals surface area contributed by atoms with Gasteiger partial charge < -0.3 is 19.9 Å². The van der Waals surface area contributed by atoms with Crippen molar-refractivity contribution >= 4 is 5.97 Å². The first-order valence-electron chi connectivity index (χ1n) is 5.28. The molecule has 0 bridgehead atoms. The van der Waals surface area contributed by atoms with E-state index in [9.17, 15) is 4.79 Å². The van der Waals surface area contributed by atoms with E-state index in [2.05, 4.69) is 5.32 Å². The van der Waals surface area contributed by atoms with E-state index in [1.807, 2.05) is 0 Å². The molecule has 1 aliphatic rings. The molecule has 2 N–H and O–H groups in total. The van der Waals surface area contributed by atoms with Crippen LogP contribution in [0.2, 0.25) is 0 Å². The Kier molecular flexibility index (Phi) is 5.60. The van der Waals surface area contributed by atoms with Crippen molar-refractivity contribution in [2.24, 2.45) is 5.92 Å². The molecule has 0 aromatic carbocycles. The van der Waals surface area contributed by atoms with E-state index in [0.29, 0.717) is 26.2 Å². The molecule has 15 heavy (non-hydrogen) atoms. The number of rotatable bonds is 6. The SMILES string of the molecule is COCCCOC1CNCC(C(=O)O)C1. The summed E-state index contributed by atoms with van der Waals surface area (Å²) in [4.78, 5) is 10.8. The molecule has 0 saturated carbocycles. The zero-order chi connectivity index (χ0) is 11.1. The zero-order valence-corrected chi connectivity index (χ0v) is 9.07. The Morgan fingerprint density at radius 1 is 1.47 bits per heavy atom. The quantitative estimate of drug-likeness (QED) is 0.618. The molecule has 0 spiro atoms. The van der Waals surface area contributed by atoms with Crippen molar-refractivity contribution in [3.63, 3.8) is 0 Å². The van der Waals surface area contributed by atoms with E-state index in [0.717, 1.165) is 13.0 Å². The van der Waals surface area contributed by atoms with Crippen LogP contribution in [-0.4, -0.2) is 50.6 Å². The maximum atomic E-state index is 10.8. The average molecular weight is 217 g/mol. The summed E-state index contributed by atoms with van der Waals surface area (Å²) in [6, 6.07) is 0. The molecule has 1 saturated heterocycles. The Morgan fingerprint density at radius 2 is 2.27 bits per heavy atom. The first kappa shape index (κ1) is 12.4. The summed E-state index contributed by atoms with van der Waals surface area (Å²) in [5.74, 6) is -1.06. The van der Waals surface area contributed by atoms with Gasteiger partial charge in [0.05, 0.1) is 12.0 Å². The fourth-order valence-electron chi connectivity index (χ4n) is 1.67. The second-order valence-electron chi connectivity index (χ2n) is 3.77. The largest absolute Gasteiger partial charge is 0.481 e. The van der Waals surface area contributed by atoms with Gasteiger partial charge in [-0.05, 0) is 12.8 Å². The molecule has 1 fully saturated rings. The first-order valence-corrected chi connectivity index (χ1v) is 5.28. The number of methoxy groups -OCH3 is 1. The minimum absolute atomic E-state index is 0.0247. The predicted molar refractivity (Wildman–Crippen MR) is 54.8 cm³/mol. The van der Waals surface area contributed by atoms with Crippen molar-refractivity contribution in [3.8, 4) is 0 Å². The molecular formula is C10H19NO4. The summed E-state index contributed by atoms with van der Waals surface area (Å²) in [7, 11) is 1.66. The fourth-order valence-corrected chi connectivity index (χ4v) is 1.67. The van der Waals surface area contributed by atoms with Crippen molar-refractivity contribution < 1.29 is 19.4 Å². The van der Waals surface area contributed by atoms with Gasteiger partial charge in [0.25, 0.3) is 0 Å². The molecule has 5 heteroatoms. The second-order valence-corrected chi connectivity index (χ2v) is 3.77. The van der Waals surface area contributed by atoms with Crippen LogP contribution in [0.15, 0.2) is 0 Å². The van der Waals surface area contributed by atoms with Gasteiger partial charge in [-0.25, -0.2) is 0 Å². The minimum atomic E-state index is -0.743. The van der Waals surface area contributed by atoms with Crippen LogP contribution in [0.25, 0.3) is 0 Å². The highest BCUT2D eigenvalue weighted by molar-refractivity contribution is 5.70. The van der Waals surface area contributed by atoms with Crippen LogP contribution in [0.5, 0.6) is 0 Å². The highest BCUT2D eigenvalue weighted by atomic mass is 16.5. The first-order chi connectivity index (χ1) is 7.24. The van der Waals surface area contributed by atoms with Crippen LogP contribution >= 0.6 is 0 Å². The lowest BCUT2D eigenvalue weighted by molar-refractivity contribution is -0.144. The van der Waals surface area contributed by atoms with E-state index in [4.69, 9.17) is 14.6 Å². The van der Waals surface area contributed by atoms with E-state index < -0.39 is 5.97 Å². The van der Waals surface area contributed by atoms with Crippen LogP contribution < -0.4 is 5.32 Å². The lowest BCUT2D eigenvalue weighted by Crippen LogP contribution is -2.43. The van der Waals surface area contributed by atoms with Gasteiger partial charge in [-0.15, -0.1) is 0 Å². The summed E-state index contributed by atoms with van der Waals surface area (Å²) in [6.07, 6.45) is 1.48. The molecule has 2 unspecified atom stereocenters. The summed E-state index contributed by atoms with van der Waals surface area (Å²) in [6.45, 7) is 2.61. The van der Waals surface area contributed by atoms with Crippen LogP contribution in [0.4, 0.5) is 0 Å². The molecule has 0 aromatic rings. The number of ether oxygens (including phenoxy) is 2. The zero-order valence-electron chi connectivity index (χ0n) is 9.07. The van der Waals surface area contributed by atoms with E-state index >= 15 is 0 Å². The van der Waals surface area contributed by atoms with E-state index in [1.165, 1.54) is 0 Å². The van der Waals surface area contributed by atoms with Crippen molar-refractivity contribution in [3.05, 3.63) is 0 Å². The van der Waals surface area contributed by atoms with E-state index in [1.54, 1.807) is 7.11 Å². The van der Waals surface area contributed by atoms with Gasteiger partial charge in [-0.2, -0.15) is 0 Å². The van der Waals surface area contributed by atoms with Gasteiger partial charge in [-0.3, -0.25) is 4.79 Å². The number of hydrogen-bond donors (Lipinski definition) is 2. The number of carbonyl (C=O) groups is 1. The topological polar surface area (TPSA) is 67.8 Å². The smallest absolute Gasteiger partial charge is 0.307 e. The van der Waals surface area contributed by atoms with Gasteiger partial charge in [-0.1, -0.05) is 0 Å². The molecule has 2 atom stereocenters. The lowest BCUT2D eigenvalue weighted by Gasteiger charge is -2.27. The van der Waals surface area contributed by atoms with Crippen molar-refractivity contribution in [2.75, 3.05) is 33.4 Å². The normalized spacial score (nSPS) is 26.5. The van der Waals surface area contributed by atoms with Crippen LogP contribution in [0, 0.1) is 5.92 Å². The number of aliphatic carboxylic acids is 1. The summed E-state index contributed by atoms with van der Waals surface area (Å²) in [5, 5.41) is 11.9. The molecule has 88 valence electrons. The third kappa shape index (κ3) is 4.59. The molecule has 1 rings (SSSR count). The number of hydrogen-bond acceptors (Lipinski definition) is 4. The van der Waals surface area contributed by atoms with E-state index in [-0.39, 0.29) is 12.0 Å². The summed E-state index contributed by atoms with van der Waals surface area (Å²) in [5.41, 5.74) is 0. The molecule has 0 amide bonds. The van der Waals surface area contributed by atoms with Gasteiger partial charge >= 0.3 is 5.97 Å².